The van der Waals surface area contributed by atoms with E-state index in [9.17, 15) is 5.21 Å². The van der Waals surface area contributed by atoms with Crippen LogP contribution in [0.5, 0.6) is 0 Å². The summed E-state index contributed by atoms with van der Waals surface area (Å²) in [6, 6.07) is 5.91. The molecule has 58 valence electrons. The Hall–Kier alpha value is -0.380. The van der Waals surface area contributed by atoms with E-state index in [0.29, 0.717) is 6.54 Å². The predicted molar refractivity (Wildman–Crippen MR) is 46.7 cm³/mol. The van der Waals surface area contributed by atoms with Crippen LogP contribution in [0.1, 0.15) is 5.56 Å². The first-order chi connectivity index (χ1) is 5.27. The van der Waals surface area contributed by atoms with Crippen molar-refractivity contribution >= 4 is 21.6 Å². The molecule has 11 heavy (non-hydrogen) atoms. The molecule has 0 saturated carbocycles. The number of fused-ring (bicyclic) bond motifs is 1. The van der Waals surface area contributed by atoms with Crippen LogP contribution in [0.2, 0.25) is 0 Å². The van der Waals surface area contributed by atoms with Gasteiger partial charge < -0.3 is 10.3 Å². The van der Waals surface area contributed by atoms with Crippen LogP contribution in [0.15, 0.2) is 22.7 Å². The first kappa shape index (κ1) is 7.28. The largest absolute Gasteiger partial charge is 0.629 e. The molecule has 0 aliphatic carbocycles. The summed E-state index contributed by atoms with van der Waals surface area (Å²) in [5.41, 5.74) is 2.09. The van der Waals surface area contributed by atoms with Crippen molar-refractivity contribution in [3.63, 3.8) is 0 Å². The number of benzene rings is 1. The van der Waals surface area contributed by atoms with Crippen LogP contribution in [0.4, 0.5) is 5.69 Å². The number of rotatable bonds is 0. The first-order valence-electron chi connectivity index (χ1n) is 3.59. The van der Waals surface area contributed by atoms with E-state index in [1.54, 1.807) is 0 Å². The van der Waals surface area contributed by atoms with E-state index in [1.807, 2.05) is 18.2 Å². The number of hydroxylamine groups is 1. The molecule has 0 fully saturated rings. The number of halogens is 1. The van der Waals surface area contributed by atoms with Crippen LogP contribution in [-0.4, -0.2) is 6.54 Å². The maximum Gasteiger partial charge on any atom is 0.135 e. The highest BCUT2D eigenvalue weighted by Crippen LogP contribution is 2.21. The molecule has 3 heteroatoms. The van der Waals surface area contributed by atoms with Crippen molar-refractivity contribution in [2.24, 2.45) is 0 Å². The van der Waals surface area contributed by atoms with Crippen molar-refractivity contribution in [3.8, 4) is 0 Å². The lowest BCUT2D eigenvalue weighted by Gasteiger charge is -2.14. The normalized spacial score (nSPS) is 21.8. The second kappa shape index (κ2) is 2.59. The van der Waals surface area contributed by atoms with E-state index < -0.39 is 0 Å². The Morgan fingerprint density at radius 2 is 2.27 bits per heavy atom. The number of quaternary nitrogens is 1. The zero-order valence-corrected chi connectivity index (χ0v) is 7.52. The Bertz CT molecular complexity index is 287. The fraction of sp³-hybridized carbons (Fsp3) is 0.250. The Morgan fingerprint density at radius 3 is 3.09 bits per heavy atom. The number of nitrogens with one attached hydrogen (secondary N) is 1. The zero-order valence-electron chi connectivity index (χ0n) is 5.93. The zero-order chi connectivity index (χ0) is 7.84. The average molecular weight is 214 g/mol. The third-order valence-corrected chi connectivity index (χ3v) is 2.49. The van der Waals surface area contributed by atoms with Crippen molar-refractivity contribution in [2.75, 3.05) is 6.54 Å². The van der Waals surface area contributed by atoms with Gasteiger partial charge in [0.05, 0.1) is 6.54 Å². The van der Waals surface area contributed by atoms with E-state index in [-0.39, 0.29) is 5.06 Å². The van der Waals surface area contributed by atoms with Gasteiger partial charge in [-0.2, -0.15) is 0 Å². The van der Waals surface area contributed by atoms with E-state index in [1.165, 1.54) is 5.56 Å². The summed E-state index contributed by atoms with van der Waals surface area (Å²) in [4.78, 5) is 0. The molecule has 0 saturated heterocycles. The van der Waals surface area contributed by atoms with Crippen molar-refractivity contribution in [1.82, 2.24) is 0 Å². The first-order valence-corrected chi connectivity index (χ1v) is 4.38. The Kier molecular flexibility index (Phi) is 1.71. The van der Waals surface area contributed by atoms with Crippen molar-refractivity contribution in [2.45, 2.75) is 6.42 Å². The van der Waals surface area contributed by atoms with Crippen molar-refractivity contribution in [1.29, 1.82) is 0 Å². The van der Waals surface area contributed by atoms with Gasteiger partial charge >= 0.3 is 0 Å². The van der Waals surface area contributed by atoms with Gasteiger partial charge in [0, 0.05) is 22.5 Å². The Labute approximate surface area is 73.5 Å². The van der Waals surface area contributed by atoms with Gasteiger partial charge in [0.15, 0.2) is 0 Å². The van der Waals surface area contributed by atoms with E-state index in [0.717, 1.165) is 16.6 Å². The van der Waals surface area contributed by atoms with Gasteiger partial charge in [-0.25, -0.2) is 0 Å². The molecule has 1 aromatic carbocycles. The van der Waals surface area contributed by atoms with Crippen LogP contribution < -0.4 is 5.06 Å². The summed E-state index contributed by atoms with van der Waals surface area (Å²) >= 11 is 3.34. The number of hydrogen-bond acceptors (Lipinski definition) is 1. The molecule has 1 N–H and O–H groups in total. The minimum Gasteiger partial charge on any atom is -0.629 e. The SMILES string of the molecule is [O-][NH+]1CCc2ccc(Br)cc21. The standard InChI is InChI=1S/C8H8BrNO/c9-7-2-1-6-3-4-10(11)8(6)5-7/h1-2,5,10H,3-4H2. The lowest BCUT2D eigenvalue weighted by atomic mass is 10.2. The molecule has 1 heterocycles. The quantitative estimate of drug-likeness (QED) is 0.641. The Balaban J connectivity index is 2.52. The average Bonchev–Trinajstić information content (AvgIpc) is 2.33. The minimum atomic E-state index is 0.279. The molecule has 1 aliphatic heterocycles. The molecule has 0 bridgehead atoms. The summed E-state index contributed by atoms with van der Waals surface area (Å²) in [6.07, 6.45) is 0.918. The molecular weight excluding hydrogens is 206 g/mol. The molecule has 2 nitrogen and oxygen atoms in total. The van der Waals surface area contributed by atoms with Gasteiger partial charge in [-0.15, -0.1) is 0 Å². The van der Waals surface area contributed by atoms with Crippen molar-refractivity contribution in [3.05, 3.63) is 33.4 Å². The highest BCUT2D eigenvalue weighted by atomic mass is 79.9. The fourth-order valence-electron chi connectivity index (χ4n) is 1.41. The number of hydrogen-bond donors (Lipinski definition) is 1. The highest BCUT2D eigenvalue weighted by Gasteiger charge is 2.17. The van der Waals surface area contributed by atoms with Gasteiger partial charge in [0.1, 0.15) is 5.69 Å². The highest BCUT2D eigenvalue weighted by molar-refractivity contribution is 9.10. The van der Waals surface area contributed by atoms with Crippen LogP contribution in [0.3, 0.4) is 0 Å². The maximum absolute atomic E-state index is 11.2. The summed E-state index contributed by atoms with van der Waals surface area (Å²) in [5.74, 6) is 0. The molecule has 0 radical (unpaired) electrons. The van der Waals surface area contributed by atoms with Gasteiger partial charge in [-0.3, -0.25) is 0 Å². The molecule has 1 aliphatic rings. The molecule has 1 unspecified atom stereocenters. The van der Waals surface area contributed by atoms with E-state index >= 15 is 0 Å². The third kappa shape index (κ3) is 1.20. The minimum absolute atomic E-state index is 0.279. The second-order valence-corrected chi connectivity index (χ2v) is 3.64. The lowest BCUT2D eigenvalue weighted by molar-refractivity contribution is -0.768. The molecule has 1 aromatic rings. The van der Waals surface area contributed by atoms with Gasteiger partial charge in [-0.05, 0) is 6.07 Å². The van der Waals surface area contributed by atoms with Crippen LogP contribution >= 0.6 is 15.9 Å². The van der Waals surface area contributed by atoms with E-state index in [2.05, 4.69) is 15.9 Å². The molecular formula is C8H8BrNO. The van der Waals surface area contributed by atoms with Gasteiger partial charge in [0.2, 0.25) is 0 Å². The smallest absolute Gasteiger partial charge is 0.135 e. The molecule has 2 rings (SSSR count). The molecule has 0 amide bonds. The van der Waals surface area contributed by atoms with Crippen LogP contribution in [-0.2, 0) is 6.42 Å². The third-order valence-electron chi connectivity index (χ3n) is 1.99. The molecule has 1 atom stereocenters. The summed E-state index contributed by atoms with van der Waals surface area (Å²) in [5, 5.41) is 11.5. The van der Waals surface area contributed by atoms with Gasteiger partial charge in [0.25, 0.3) is 0 Å². The molecule has 0 spiro atoms. The predicted octanol–water partition coefficient (Wildman–Crippen LogP) is 1.02. The fourth-order valence-corrected chi connectivity index (χ4v) is 1.77. The van der Waals surface area contributed by atoms with E-state index in [4.69, 9.17) is 0 Å². The summed E-state index contributed by atoms with van der Waals surface area (Å²) in [6.45, 7) is 0.686. The van der Waals surface area contributed by atoms with Gasteiger partial charge in [-0.1, -0.05) is 22.0 Å². The molecule has 0 aromatic heterocycles. The monoisotopic (exact) mass is 213 g/mol. The second-order valence-electron chi connectivity index (χ2n) is 2.72. The summed E-state index contributed by atoms with van der Waals surface area (Å²) in [7, 11) is 0. The topological polar surface area (TPSA) is 27.5 Å². The lowest BCUT2D eigenvalue weighted by Crippen LogP contribution is -3.00. The van der Waals surface area contributed by atoms with Crippen LogP contribution in [0, 0.1) is 5.21 Å². The van der Waals surface area contributed by atoms with Crippen LogP contribution in [0.25, 0.3) is 0 Å². The Morgan fingerprint density at radius 1 is 1.45 bits per heavy atom. The summed E-state index contributed by atoms with van der Waals surface area (Å²) < 4.78 is 0.992. The van der Waals surface area contributed by atoms with Crippen molar-refractivity contribution < 1.29 is 5.06 Å². The maximum atomic E-state index is 11.2.